The van der Waals surface area contributed by atoms with E-state index in [4.69, 9.17) is 10.8 Å². The summed E-state index contributed by atoms with van der Waals surface area (Å²) in [5, 5.41) is 30.1. The number of benzene rings is 1. The molecule has 1 aromatic rings. The molecule has 0 spiro atoms. The molecule has 96 valence electrons. The van der Waals surface area contributed by atoms with E-state index in [1.807, 2.05) is 0 Å². The Hall–Kier alpha value is -2.71. The van der Waals surface area contributed by atoms with E-state index in [2.05, 4.69) is 0 Å². The van der Waals surface area contributed by atoms with E-state index in [9.17, 15) is 25.0 Å². The Morgan fingerprint density at radius 3 is 2.00 bits per heavy atom. The summed E-state index contributed by atoms with van der Waals surface area (Å²) < 4.78 is 0. The van der Waals surface area contributed by atoms with E-state index in [0.717, 1.165) is 12.1 Å². The van der Waals surface area contributed by atoms with Crippen LogP contribution in [-0.2, 0) is 11.2 Å². The third-order valence-electron chi connectivity index (χ3n) is 2.21. The zero-order valence-electron chi connectivity index (χ0n) is 9.03. The van der Waals surface area contributed by atoms with Crippen molar-refractivity contribution in [3.63, 3.8) is 0 Å². The standard InChI is InChI=1S/C9H9N3O6/c10-5-3-7(11(15)16)6(1-2-9(13)14)8(4-5)12(17)18/h3-4H,1-2,10H2,(H,13,14). The predicted molar refractivity (Wildman–Crippen MR) is 60.1 cm³/mol. The molecular weight excluding hydrogens is 246 g/mol. The highest BCUT2D eigenvalue weighted by Crippen LogP contribution is 2.32. The fraction of sp³-hybridized carbons (Fsp3) is 0.222. The summed E-state index contributed by atoms with van der Waals surface area (Å²) in [6, 6.07) is 1.95. The normalized spacial score (nSPS) is 10.0. The summed E-state index contributed by atoms with van der Waals surface area (Å²) in [5.41, 5.74) is 3.90. The zero-order valence-corrected chi connectivity index (χ0v) is 9.03. The van der Waals surface area contributed by atoms with Crippen LogP contribution in [-0.4, -0.2) is 20.9 Å². The topological polar surface area (TPSA) is 150 Å². The molecule has 0 aliphatic rings. The molecule has 0 saturated carbocycles. The number of aliphatic carboxylic acids is 1. The Morgan fingerprint density at radius 1 is 1.22 bits per heavy atom. The van der Waals surface area contributed by atoms with Crippen molar-refractivity contribution in [2.24, 2.45) is 0 Å². The first-order valence-corrected chi connectivity index (χ1v) is 4.76. The lowest BCUT2D eigenvalue weighted by atomic mass is 10.0. The van der Waals surface area contributed by atoms with Crippen molar-refractivity contribution in [2.45, 2.75) is 12.8 Å². The molecule has 0 saturated heterocycles. The molecule has 0 aliphatic heterocycles. The predicted octanol–water partition coefficient (Wildman–Crippen LogP) is 1.10. The van der Waals surface area contributed by atoms with Crippen LogP contribution in [0.15, 0.2) is 12.1 Å². The van der Waals surface area contributed by atoms with E-state index >= 15 is 0 Å². The fourth-order valence-electron chi connectivity index (χ4n) is 1.48. The molecule has 0 aliphatic carbocycles. The van der Waals surface area contributed by atoms with Gasteiger partial charge in [-0.3, -0.25) is 25.0 Å². The lowest BCUT2D eigenvalue weighted by Gasteiger charge is -2.04. The molecular formula is C9H9N3O6. The van der Waals surface area contributed by atoms with E-state index in [1.165, 1.54) is 0 Å². The maximum Gasteiger partial charge on any atom is 0.303 e. The number of nitrogens with zero attached hydrogens (tertiary/aromatic N) is 2. The van der Waals surface area contributed by atoms with Crippen molar-refractivity contribution in [1.29, 1.82) is 0 Å². The molecule has 0 amide bonds. The summed E-state index contributed by atoms with van der Waals surface area (Å²) in [5.74, 6) is -1.20. The highest BCUT2D eigenvalue weighted by molar-refractivity contribution is 5.69. The lowest BCUT2D eigenvalue weighted by Crippen LogP contribution is -2.05. The molecule has 0 radical (unpaired) electrons. The lowest BCUT2D eigenvalue weighted by molar-refractivity contribution is -0.395. The van der Waals surface area contributed by atoms with Gasteiger partial charge < -0.3 is 10.8 Å². The van der Waals surface area contributed by atoms with Crippen LogP contribution in [0.25, 0.3) is 0 Å². The van der Waals surface area contributed by atoms with E-state index < -0.39 is 33.6 Å². The third-order valence-corrected chi connectivity index (χ3v) is 2.21. The first-order chi connectivity index (χ1) is 8.32. The molecule has 0 heterocycles. The molecule has 0 fully saturated rings. The van der Waals surface area contributed by atoms with Gasteiger partial charge in [-0.1, -0.05) is 0 Å². The first-order valence-electron chi connectivity index (χ1n) is 4.76. The number of nitro benzene ring substituents is 2. The summed E-state index contributed by atoms with van der Waals surface area (Å²) in [4.78, 5) is 30.3. The molecule has 9 heteroatoms. The number of nitrogens with two attached hydrogens (primary N) is 1. The molecule has 18 heavy (non-hydrogen) atoms. The molecule has 9 nitrogen and oxygen atoms in total. The second-order valence-electron chi connectivity index (χ2n) is 3.45. The van der Waals surface area contributed by atoms with Crippen LogP contribution in [0, 0.1) is 20.2 Å². The Balaban J connectivity index is 3.36. The number of nitrogen functional groups attached to an aromatic ring is 1. The third kappa shape index (κ3) is 2.90. The molecule has 3 N–H and O–H groups in total. The minimum Gasteiger partial charge on any atom is -0.481 e. The Bertz CT molecular complexity index is 492. The molecule has 1 aromatic carbocycles. The van der Waals surface area contributed by atoms with Crippen LogP contribution in [0.1, 0.15) is 12.0 Å². The van der Waals surface area contributed by atoms with Gasteiger partial charge in [-0.15, -0.1) is 0 Å². The van der Waals surface area contributed by atoms with Crippen LogP contribution in [0.4, 0.5) is 17.1 Å². The highest BCUT2D eigenvalue weighted by atomic mass is 16.6. The maximum absolute atomic E-state index is 10.8. The number of rotatable bonds is 5. The smallest absolute Gasteiger partial charge is 0.303 e. The second-order valence-corrected chi connectivity index (χ2v) is 3.45. The SMILES string of the molecule is Nc1cc([N+](=O)[O-])c(CCC(=O)O)c([N+](=O)[O-])c1. The van der Waals surface area contributed by atoms with Crippen molar-refractivity contribution >= 4 is 23.0 Å². The highest BCUT2D eigenvalue weighted by Gasteiger charge is 2.26. The summed E-state index contributed by atoms with van der Waals surface area (Å²) >= 11 is 0. The fourth-order valence-corrected chi connectivity index (χ4v) is 1.48. The van der Waals surface area contributed by atoms with Gasteiger partial charge in [0.2, 0.25) is 0 Å². The number of carboxylic acids is 1. The largest absolute Gasteiger partial charge is 0.481 e. The summed E-state index contributed by atoms with van der Waals surface area (Å²) in [6.07, 6.45) is -0.742. The number of hydrogen-bond donors (Lipinski definition) is 2. The first kappa shape index (κ1) is 13.4. The Morgan fingerprint density at radius 2 is 1.67 bits per heavy atom. The average molecular weight is 255 g/mol. The van der Waals surface area contributed by atoms with Gasteiger partial charge in [0.15, 0.2) is 0 Å². The summed E-state index contributed by atoms with van der Waals surface area (Å²) in [7, 11) is 0. The van der Waals surface area contributed by atoms with Gasteiger partial charge in [0, 0.05) is 24.2 Å². The van der Waals surface area contributed by atoms with E-state index in [1.54, 1.807) is 0 Å². The van der Waals surface area contributed by atoms with Crippen LogP contribution in [0.3, 0.4) is 0 Å². The monoisotopic (exact) mass is 255 g/mol. The van der Waals surface area contributed by atoms with Crippen molar-refractivity contribution in [3.8, 4) is 0 Å². The Kier molecular flexibility index (Phi) is 3.77. The number of carbonyl (C=O) groups is 1. The second kappa shape index (κ2) is 5.08. The van der Waals surface area contributed by atoms with Crippen molar-refractivity contribution in [1.82, 2.24) is 0 Å². The molecule has 1 rings (SSSR count). The van der Waals surface area contributed by atoms with Gasteiger partial charge in [-0.25, -0.2) is 0 Å². The van der Waals surface area contributed by atoms with Gasteiger partial charge in [-0.05, 0) is 6.42 Å². The van der Waals surface area contributed by atoms with Crippen molar-refractivity contribution in [2.75, 3.05) is 5.73 Å². The van der Waals surface area contributed by atoms with Crippen LogP contribution < -0.4 is 5.73 Å². The van der Waals surface area contributed by atoms with Crippen molar-refractivity contribution in [3.05, 3.63) is 37.9 Å². The number of nitro groups is 2. The minimum atomic E-state index is -1.20. The molecule has 0 bridgehead atoms. The van der Waals surface area contributed by atoms with Crippen molar-refractivity contribution < 1.29 is 19.7 Å². The number of anilines is 1. The molecule has 0 atom stereocenters. The van der Waals surface area contributed by atoms with Crippen LogP contribution in [0.5, 0.6) is 0 Å². The zero-order chi connectivity index (χ0) is 13.9. The van der Waals surface area contributed by atoms with Gasteiger partial charge in [0.1, 0.15) is 5.56 Å². The summed E-state index contributed by atoms with van der Waals surface area (Å²) in [6.45, 7) is 0. The molecule has 0 unspecified atom stereocenters. The average Bonchev–Trinajstić information content (AvgIpc) is 2.25. The van der Waals surface area contributed by atoms with Gasteiger partial charge >= 0.3 is 5.97 Å². The van der Waals surface area contributed by atoms with Crippen LogP contribution >= 0.6 is 0 Å². The number of carboxylic acid groups (broad SMARTS) is 1. The Labute approximate surface area is 100 Å². The maximum atomic E-state index is 10.8. The van der Waals surface area contributed by atoms with Crippen LogP contribution in [0.2, 0.25) is 0 Å². The van der Waals surface area contributed by atoms with Gasteiger partial charge in [-0.2, -0.15) is 0 Å². The van der Waals surface area contributed by atoms with Gasteiger partial charge in [0.05, 0.1) is 9.85 Å². The quantitative estimate of drug-likeness (QED) is 0.454. The minimum absolute atomic E-state index is 0.118. The van der Waals surface area contributed by atoms with E-state index in [0.29, 0.717) is 0 Å². The number of hydrogen-bond acceptors (Lipinski definition) is 6. The molecule has 0 aromatic heterocycles. The van der Waals surface area contributed by atoms with E-state index in [-0.39, 0.29) is 17.7 Å². The van der Waals surface area contributed by atoms with Gasteiger partial charge in [0.25, 0.3) is 11.4 Å².